The number of carbonyl (C=O) groups is 1. The molecular formula is C23H22N6O2. The average Bonchev–Trinajstić information content (AvgIpc) is 3.47. The molecule has 0 unspecified atom stereocenters. The number of amides is 1. The molecule has 1 amide bonds. The molecule has 1 N–H and O–H groups in total. The zero-order chi connectivity index (χ0) is 21.0. The van der Waals surface area contributed by atoms with Crippen LogP contribution in [0.15, 0.2) is 61.2 Å². The molecule has 3 aromatic heterocycles. The van der Waals surface area contributed by atoms with E-state index < -0.39 is 0 Å². The molecule has 1 fully saturated rings. The Labute approximate surface area is 179 Å². The van der Waals surface area contributed by atoms with Crippen LogP contribution in [0.3, 0.4) is 0 Å². The zero-order valence-electron chi connectivity index (χ0n) is 17.2. The van der Waals surface area contributed by atoms with Crippen LogP contribution < -0.4 is 10.1 Å². The van der Waals surface area contributed by atoms with Gasteiger partial charge in [0.25, 0.3) is 5.91 Å². The number of nitrogens with zero attached hydrogens (tertiary/aromatic N) is 5. The second kappa shape index (κ2) is 6.60. The highest BCUT2D eigenvalue weighted by atomic mass is 16.5. The number of carbonyl (C=O) groups excluding carboxylic acids is 1. The monoisotopic (exact) mass is 414 g/mol. The Hall–Kier alpha value is -3.81. The summed E-state index contributed by atoms with van der Waals surface area (Å²) in [6.07, 6.45) is 8.83. The van der Waals surface area contributed by atoms with Crippen molar-refractivity contribution in [2.24, 2.45) is 0 Å². The van der Waals surface area contributed by atoms with Gasteiger partial charge in [-0.05, 0) is 43.2 Å². The van der Waals surface area contributed by atoms with Crippen LogP contribution in [0.25, 0.3) is 11.3 Å². The summed E-state index contributed by atoms with van der Waals surface area (Å²) in [5.74, 6) is 0.807. The Balaban J connectivity index is 1.29. The first kappa shape index (κ1) is 18.0. The highest BCUT2D eigenvalue weighted by Gasteiger charge is 2.42. The molecule has 156 valence electrons. The van der Waals surface area contributed by atoms with Crippen LogP contribution >= 0.6 is 0 Å². The van der Waals surface area contributed by atoms with E-state index in [2.05, 4.69) is 44.4 Å². The zero-order valence-corrected chi connectivity index (χ0v) is 17.2. The van der Waals surface area contributed by atoms with Crippen LogP contribution in [0.1, 0.15) is 28.9 Å². The summed E-state index contributed by atoms with van der Waals surface area (Å²) >= 11 is 0. The predicted octanol–water partition coefficient (Wildman–Crippen LogP) is 3.09. The normalized spacial score (nSPS) is 16.6. The number of ether oxygens (including phenoxy) is 1. The van der Waals surface area contributed by atoms with Gasteiger partial charge in [0.1, 0.15) is 11.3 Å². The molecule has 1 spiro atoms. The number of benzene rings is 1. The number of hydrogen-bond donors (Lipinski definition) is 1. The summed E-state index contributed by atoms with van der Waals surface area (Å²) in [6.45, 7) is 1.31. The van der Waals surface area contributed by atoms with E-state index >= 15 is 0 Å². The van der Waals surface area contributed by atoms with E-state index in [0.717, 1.165) is 30.0 Å². The molecule has 2 aliphatic heterocycles. The van der Waals surface area contributed by atoms with E-state index in [4.69, 9.17) is 4.74 Å². The molecule has 6 rings (SSSR count). The van der Waals surface area contributed by atoms with Crippen LogP contribution in [0.5, 0.6) is 5.75 Å². The number of fused-ring (bicyclic) bond motifs is 5. The molecule has 2 aliphatic rings. The maximum Gasteiger partial charge on any atom is 0.259 e. The summed E-state index contributed by atoms with van der Waals surface area (Å²) in [5.41, 5.74) is 4.32. The maximum absolute atomic E-state index is 13.2. The van der Waals surface area contributed by atoms with Gasteiger partial charge >= 0.3 is 0 Å². The van der Waals surface area contributed by atoms with Gasteiger partial charge in [0.2, 0.25) is 0 Å². The van der Waals surface area contributed by atoms with Gasteiger partial charge in [0.15, 0.2) is 5.65 Å². The van der Waals surface area contributed by atoms with Crippen molar-refractivity contribution in [3.63, 3.8) is 0 Å². The third-order valence-electron chi connectivity index (χ3n) is 6.49. The van der Waals surface area contributed by atoms with Crippen LogP contribution in [0.4, 0.5) is 5.69 Å². The van der Waals surface area contributed by atoms with Gasteiger partial charge < -0.3 is 19.5 Å². The van der Waals surface area contributed by atoms with E-state index in [1.54, 1.807) is 36.3 Å². The molecule has 0 aliphatic carbocycles. The average molecular weight is 414 g/mol. The predicted molar refractivity (Wildman–Crippen MR) is 116 cm³/mol. The molecule has 4 aromatic rings. The van der Waals surface area contributed by atoms with Gasteiger partial charge in [-0.3, -0.25) is 4.79 Å². The van der Waals surface area contributed by atoms with Crippen molar-refractivity contribution in [2.75, 3.05) is 25.5 Å². The molecule has 31 heavy (non-hydrogen) atoms. The number of anilines is 1. The Kier molecular flexibility index (Phi) is 3.83. The molecule has 1 aromatic carbocycles. The Morgan fingerprint density at radius 3 is 2.87 bits per heavy atom. The lowest BCUT2D eigenvalue weighted by atomic mass is 9.82. The fourth-order valence-electron chi connectivity index (χ4n) is 4.88. The first-order valence-corrected chi connectivity index (χ1v) is 10.4. The molecule has 0 bridgehead atoms. The van der Waals surface area contributed by atoms with Gasteiger partial charge in [-0.2, -0.15) is 5.10 Å². The SMILES string of the molecule is COc1ccc2c(c1)NC1(CCN(C(=O)c3cnn4cccnc34)CC1)c1cccn1-2. The third-order valence-corrected chi connectivity index (χ3v) is 6.49. The second-order valence-corrected chi connectivity index (χ2v) is 8.09. The lowest BCUT2D eigenvalue weighted by Crippen LogP contribution is -2.51. The minimum atomic E-state index is -0.223. The number of rotatable bonds is 2. The Bertz CT molecular complexity index is 1300. The van der Waals surface area contributed by atoms with E-state index in [1.807, 2.05) is 17.0 Å². The molecule has 0 radical (unpaired) electrons. The van der Waals surface area contributed by atoms with Crippen molar-refractivity contribution in [2.45, 2.75) is 18.4 Å². The number of methoxy groups -OCH3 is 1. The van der Waals surface area contributed by atoms with E-state index in [9.17, 15) is 4.79 Å². The lowest BCUT2D eigenvalue weighted by Gasteiger charge is -2.46. The van der Waals surface area contributed by atoms with Gasteiger partial charge in [-0.25, -0.2) is 9.50 Å². The third kappa shape index (κ3) is 2.64. The van der Waals surface area contributed by atoms with Crippen molar-refractivity contribution in [1.29, 1.82) is 0 Å². The first-order valence-electron chi connectivity index (χ1n) is 10.4. The number of nitrogens with one attached hydrogen (secondary N) is 1. The van der Waals surface area contributed by atoms with Crippen molar-refractivity contribution in [3.8, 4) is 11.4 Å². The summed E-state index contributed by atoms with van der Waals surface area (Å²) in [7, 11) is 1.68. The van der Waals surface area contributed by atoms with Crippen LogP contribution in [-0.2, 0) is 5.54 Å². The van der Waals surface area contributed by atoms with E-state index in [0.29, 0.717) is 24.3 Å². The molecule has 8 heteroatoms. The van der Waals surface area contributed by atoms with Crippen molar-refractivity contribution in [3.05, 3.63) is 72.4 Å². The second-order valence-electron chi connectivity index (χ2n) is 8.09. The van der Waals surface area contributed by atoms with Crippen LogP contribution in [0, 0.1) is 0 Å². The number of piperidine rings is 1. The number of likely N-dealkylation sites (tertiary alicyclic amines) is 1. The topological polar surface area (TPSA) is 76.7 Å². The first-order chi connectivity index (χ1) is 15.2. The van der Waals surface area contributed by atoms with E-state index in [-0.39, 0.29) is 11.4 Å². The highest BCUT2D eigenvalue weighted by Crippen LogP contribution is 2.44. The number of hydrogen-bond acceptors (Lipinski definition) is 5. The fourth-order valence-corrected chi connectivity index (χ4v) is 4.88. The summed E-state index contributed by atoms with van der Waals surface area (Å²) in [4.78, 5) is 19.5. The molecule has 0 saturated carbocycles. The summed E-state index contributed by atoms with van der Waals surface area (Å²) in [5, 5.41) is 8.05. The minimum absolute atomic E-state index is 0.0168. The quantitative estimate of drug-likeness (QED) is 0.546. The molecule has 5 heterocycles. The van der Waals surface area contributed by atoms with Crippen molar-refractivity contribution < 1.29 is 9.53 Å². The van der Waals surface area contributed by atoms with Gasteiger partial charge in [0.05, 0.1) is 30.2 Å². The molecule has 0 atom stereocenters. The Morgan fingerprint density at radius 2 is 2.03 bits per heavy atom. The minimum Gasteiger partial charge on any atom is -0.497 e. The lowest BCUT2D eigenvalue weighted by molar-refractivity contribution is 0.0678. The van der Waals surface area contributed by atoms with Crippen LogP contribution in [0.2, 0.25) is 0 Å². The fraction of sp³-hybridized carbons (Fsp3) is 0.261. The van der Waals surface area contributed by atoms with E-state index in [1.165, 1.54) is 5.69 Å². The molecular weight excluding hydrogens is 392 g/mol. The molecule has 8 nitrogen and oxygen atoms in total. The summed E-state index contributed by atoms with van der Waals surface area (Å²) in [6, 6.07) is 12.2. The highest BCUT2D eigenvalue weighted by molar-refractivity contribution is 5.99. The molecule has 1 saturated heterocycles. The van der Waals surface area contributed by atoms with Gasteiger partial charge in [-0.15, -0.1) is 0 Å². The number of aromatic nitrogens is 4. The smallest absolute Gasteiger partial charge is 0.259 e. The maximum atomic E-state index is 13.2. The van der Waals surface area contributed by atoms with Crippen molar-refractivity contribution >= 4 is 17.2 Å². The Morgan fingerprint density at radius 1 is 1.16 bits per heavy atom. The van der Waals surface area contributed by atoms with Crippen molar-refractivity contribution in [1.82, 2.24) is 24.1 Å². The summed E-state index contributed by atoms with van der Waals surface area (Å²) < 4.78 is 9.32. The largest absolute Gasteiger partial charge is 0.497 e. The van der Waals surface area contributed by atoms with Gasteiger partial charge in [-0.1, -0.05) is 0 Å². The van der Waals surface area contributed by atoms with Crippen LogP contribution in [-0.4, -0.2) is 50.2 Å². The standard InChI is InChI=1S/C23H22N6O2/c1-31-16-5-6-19-18(14-16)26-23(20-4-2-10-28(19)20)7-12-27(13-8-23)22(30)17-15-25-29-11-3-9-24-21(17)29/h2-6,9-11,14-15,26H,7-8,12-13H2,1H3. The van der Waals surface area contributed by atoms with Gasteiger partial charge in [0, 0.05) is 43.4 Å².